The summed E-state index contributed by atoms with van der Waals surface area (Å²) in [6, 6.07) is -1.57. The minimum Gasteiger partial charge on any atom is -0.469 e. The third kappa shape index (κ3) is 7.47. The maximum absolute atomic E-state index is 12.1. The van der Waals surface area contributed by atoms with E-state index in [-0.39, 0.29) is 13.0 Å². The Balaban J connectivity index is 1.88. The number of esters is 1. The predicted molar refractivity (Wildman–Crippen MR) is 151 cm³/mol. The number of aliphatic hydroxyl groups excluding tert-OH is 9. The van der Waals surface area contributed by atoms with Gasteiger partial charge in [0.05, 0.1) is 40.0 Å². The summed E-state index contributed by atoms with van der Waals surface area (Å²) >= 11 is 1.32. The minimum atomic E-state index is -2.97. The minimum absolute atomic E-state index is 0.0458. The van der Waals surface area contributed by atoms with Crippen molar-refractivity contribution in [3.05, 3.63) is 0 Å². The molecule has 3 fully saturated rings. The number of methoxy groups -OCH3 is 1. The zero-order chi connectivity index (χ0) is 34.6. The molecule has 12 N–H and O–H groups in total. The predicted octanol–water partition coefficient (Wildman–Crippen LogP) is -7.33. The molecule has 20 heteroatoms. The van der Waals surface area contributed by atoms with Gasteiger partial charge in [0.15, 0.2) is 6.29 Å². The van der Waals surface area contributed by atoms with Crippen molar-refractivity contribution in [3.8, 4) is 0 Å². The molecule has 0 spiro atoms. The van der Waals surface area contributed by atoms with Gasteiger partial charge in [0.25, 0.3) is 0 Å². The highest BCUT2D eigenvalue weighted by atomic mass is 32.2. The summed E-state index contributed by atoms with van der Waals surface area (Å²) in [4.78, 5) is 23.3. The number of amides is 1. The molecule has 46 heavy (non-hydrogen) atoms. The van der Waals surface area contributed by atoms with Crippen molar-refractivity contribution in [2.24, 2.45) is 0 Å². The Labute approximate surface area is 267 Å². The van der Waals surface area contributed by atoms with Gasteiger partial charge in [-0.25, -0.2) is 0 Å². The van der Waals surface area contributed by atoms with Gasteiger partial charge in [-0.2, -0.15) is 11.8 Å². The van der Waals surface area contributed by atoms with E-state index < -0.39 is 122 Å². The van der Waals surface area contributed by atoms with Crippen LogP contribution in [0.25, 0.3) is 0 Å². The summed E-state index contributed by atoms with van der Waals surface area (Å²) < 4.78 is 27.0. The second kappa shape index (κ2) is 16.4. The standard InChI is InChI=1S/C26H45NO18S/c1-10(31)27-15-20(37)25(39,13(9-30)45-24(15)42-4-6-46-5-3-14(32)41-2)23-19(36)21(38)26(40,12(8-29)44-23)22-18(35)17(34)16(33)11(7-28)43-22/h11-13,15-24,28-30,33-40H,3-9H2,1-2H3,(H,27,31)/t11-,12-,13-,15+,16+,17+,18-,19-,20-,21-,22-,23-,24+,25+,26+/m1/s1. The fraction of sp³-hybridized carbons (Fsp3) is 0.923. The smallest absolute Gasteiger partial charge is 0.306 e. The molecule has 15 atom stereocenters. The van der Waals surface area contributed by atoms with Crippen LogP contribution in [0.4, 0.5) is 0 Å². The first-order valence-electron chi connectivity index (χ1n) is 14.5. The topological polar surface area (TPSA) is 315 Å². The fourth-order valence-corrected chi connectivity index (χ4v) is 6.76. The third-order valence-electron chi connectivity index (χ3n) is 8.55. The molecule has 3 saturated heterocycles. The van der Waals surface area contributed by atoms with E-state index in [1.807, 2.05) is 0 Å². The van der Waals surface area contributed by atoms with Crippen molar-refractivity contribution in [2.45, 2.75) is 104 Å². The van der Waals surface area contributed by atoms with Crippen LogP contribution in [0.3, 0.4) is 0 Å². The zero-order valence-corrected chi connectivity index (χ0v) is 26.0. The Morgan fingerprint density at radius 3 is 1.93 bits per heavy atom. The first kappa shape index (κ1) is 39.1. The Morgan fingerprint density at radius 2 is 1.37 bits per heavy atom. The molecule has 19 nitrogen and oxygen atoms in total. The SMILES string of the molecule is COC(=O)CCSCCO[C@H]1O[C@H](CO)[C@@](O)([C@@H]2O[C@H](CO)[C@@](O)([C@@H]3O[C@H](CO)[C@H](O)[C@H](O)[C@H]3O)[C@H](O)[C@H]2O)[C@H](O)[C@@H]1NC(C)=O. The molecule has 3 heterocycles. The van der Waals surface area contributed by atoms with E-state index in [9.17, 15) is 65.8 Å². The Bertz CT molecular complexity index is 1010. The van der Waals surface area contributed by atoms with E-state index in [0.717, 1.165) is 6.92 Å². The average Bonchev–Trinajstić information content (AvgIpc) is 3.03. The Kier molecular flexibility index (Phi) is 13.9. The molecule has 3 rings (SSSR count). The molecule has 0 saturated carbocycles. The van der Waals surface area contributed by atoms with Gasteiger partial charge in [-0.05, 0) is 0 Å². The van der Waals surface area contributed by atoms with Crippen LogP contribution in [0.15, 0.2) is 0 Å². The van der Waals surface area contributed by atoms with E-state index in [1.165, 1.54) is 18.9 Å². The van der Waals surface area contributed by atoms with Crippen molar-refractivity contribution in [1.29, 1.82) is 0 Å². The highest BCUT2D eigenvalue weighted by Gasteiger charge is 2.70. The molecule has 0 aromatic heterocycles. The van der Waals surface area contributed by atoms with Gasteiger partial charge in [0.1, 0.15) is 84.4 Å². The lowest BCUT2D eigenvalue weighted by molar-refractivity contribution is -0.385. The average molecular weight is 692 g/mol. The van der Waals surface area contributed by atoms with Gasteiger partial charge in [0.2, 0.25) is 5.91 Å². The monoisotopic (exact) mass is 691 g/mol. The first-order valence-corrected chi connectivity index (χ1v) is 15.7. The van der Waals surface area contributed by atoms with Crippen LogP contribution < -0.4 is 5.32 Å². The van der Waals surface area contributed by atoms with Crippen LogP contribution in [0.5, 0.6) is 0 Å². The number of rotatable bonds is 13. The number of hydrogen-bond acceptors (Lipinski definition) is 19. The maximum Gasteiger partial charge on any atom is 0.306 e. The zero-order valence-electron chi connectivity index (χ0n) is 25.1. The van der Waals surface area contributed by atoms with E-state index in [0.29, 0.717) is 11.5 Å². The molecular formula is C26H45NO18S. The largest absolute Gasteiger partial charge is 0.469 e. The van der Waals surface area contributed by atoms with Crippen molar-refractivity contribution in [1.82, 2.24) is 5.32 Å². The molecule has 0 aliphatic carbocycles. The number of thioether (sulfide) groups is 1. The van der Waals surface area contributed by atoms with Crippen LogP contribution in [0, 0.1) is 0 Å². The van der Waals surface area contributed by atoms with Gasteiger partial charge >= 0.3 is 5.97 Å². The summed E-state index contributed by atoms with van der Waals surface area (Å²) in [5.74, 6) is -0.401. The van der Waals surface area contributed by atoms with Crippen LogP contribution in [0.2, 0.25) is 0 Å². The van der Waals surface area contributed by atoms with Gasteiger partial charge in [-0.3, -0.25) is 9.59 Å². The Morgan fingerprint density at radius 1 is 0.783 bits per heavy atom. The molecule has 3 aliphatic rings. The highest BCUT2D eigenvalue weighted by molar-refractivity contribution is 7.99. The Hall–Kier alpha value is -1.31. The molecule has 0 aromatic rings. The molecule has 0 bridgehead atoms. The van der Waals surface area contributed by atoms with Crippen LogP contribution in [-0.4, -0.2) is 204 Å². The molecule has 1 amide bonds. The molecular weight excluding hydrogens is 646 g/mol. The second-order valence-electron chi connectivity index (χ2n) is 11.3. The quantitative estimate of drug-likeness (QED) is 0.0630. The van der Waals surface area contributed by atoms with Crippen LogP contribution in [-0.2, 0) is 33.3 Å². The summed E-state index contributed by atoms with van der Waals surface area (Å²) in [5, 5.41) is 121. The number of carbonyl (C=O) groups excluding carboxylic acids is 2. The van der Waals surface area contributed by atoms with Crippen molar-refractivity contribution >= 4 is 23.6 Å². The first-order chi connectivity index (χ1) is 21.6. The van der Waals surface area contributed by atoms with Crippen LogP contribution in [0.1, 0.15) is 13.3 Å². The highest BCUT2D eigenvalue weighted by Crippen LogP contribution is 2.44. The summed E-state index contributed by atoms with van der Waals surface area (Å²) in [5.41, 5.74) is -5.86. The van der Waals surface area contributed by atoms with Crippen LogP contribution >= 0.6 is 11.8 Å². The molecule has 0 radical (unpaired) electrons. The van der Waals surface area contributed by atoms with Crippen molar-refractivity contribution < 1.29 is 89.4 Å². The lowest BCUT2D eigenvalue weighted by Gasteiger charge is -2.59. The summed E-state index contributed by atoms with van der Waals surface area (Å²) in [6.07, 6.45) is -24.2. The van der Waals surface area contributed by atoms with Gasteiger partial charge in [-0.1, -0.05) is 0 Å². The van der Waals surface area contributed by atoms with E-state index >= 15 is 0 Å². The van der Waals surface area contributed by atoms with Crippen molar-refractivity contribution in [3.63, 3.8) is 0 Å². The number of hydrogen-bond donors (Lipinski definition) is 12. The van der Waals surface area contributed by atoms with E-state index in [4.69, 9.17) is 18.9 Å². The van der Waals surface area contributed by atoms with Gasteiger partial charge < -0.3 is 85.2 Å². The lowest BCUT2D eigenvalue weighted by atomic mass is 9.69. The molecule has 0 aromatic carbocycles. The lowest BCUT2D eigenvalue weighted by Crippen LogP contribution is -2.83. The number of nitrogens with one attached hydrogen (secondary N) is 1. The van der Waals surface area contributed by atoms with Gasteiger partial charge in [-0.15, -0.1) is 0 Å². The van der Waals surface area contributed by atoms with E-state index in [1.54, 1.807) is 0 Å². The van der Waals surface area contributed by atoms with Crippen molar-refractivity contribution in [2.75, 3.05) is 45.0 Å². The summed E-state index contributed by atoms with van der Waals surface area (Å²) in [7, 11) is 1.26. The molecule has 0 unspecified atom stereocenters. The summed E-state index contributed by atoms with van der Waals surface area (Å²) in [6.45, 7) is -2.10. The third-order valence-corrected chi connectivity index (χ3v) is 9.50. The number of ether oxygens (including phenoxy) is 5. The maximum atomic E-state index is 12.1. The second-order valence-corrected chi connectivity index (χ2v) is 12.6. The fourth-order valence-electron chi connectivity index (χ4n) is 6.03. The number of aliphatic hydroxyl groups is 11. The number of carbonyl (C=O) groups is 2. The molecule has 3 aliphatic heterocycles. The van der Waals surface area contributed by atoms with Gasteiger partial charge in [0, 0.05) is 18.4 Å². The normalized spacial score (nSPS) is 44.8. The molecule has 268 valence electrons. The van der Waals surface area contributed by atoms with E-state index in [2.05, 4.69) is 10.1 Å².